The molecule has 0 bridgehead atoms. The number of ether oxygens (including phenoxy) is 3. The Bertz CT molecular complexity index is 1160. The van der Waals surface area contributed by atoms with Gasteiger partial charge >= 0.3 is 0 Å². The quantitative estimate of drug-likeness (QED) is 0.553. The minimum Gasteiger partial charge on any atom is -0.493 e. The zero-order valence-corrected chi connectivity index (χ0v) is 18.7. The summed E-state index contributed by atoms with van der Waals surface area (Å²) in [6.07, 6.45) is 0. The van der Waals surface area contributed by atoms with Gasteiger partial charge in [0.15, 0.2) is 18.1 Å². The van der Waals surface area contributed by atoms with Gasteiger partial charge in [-0.05, 0) is 61.7 Å². The van der Waals surface area contributed by atoms with Crippen LogP contribution in [0.4, 0.5) is 0 Å². The Morgan fingerprint density at radius 2 is 1.81 bits per heavy atom. The van der Waals surface area contributed by atoms with Gasteiger partial charge in [-0.25, -0.2) is 0 Å². The number of nitrogens with one attached hydrogen (secondary N) is 1. The van der Waals surface area contributed by atoms with Crippen molar-refractivity contribution in [1.82, 2.24) is 15.1 Å². The zero-order chi connectivity index (χ0) is 23.1. The molecule has 1 amide bonds. The van der Waals surface area contributed by atoms with E-state index in [1.54, 1.807) is 13.2 Å². The molecule has 0 aliphatic rings. The monoisotopic (exact) mass is 437 g/mol. The molecule has 168 valence electrons. The largest absolute Gasteiger partial charge is 0.493 e. The lowest BCUT2D eigenvalue weighted by Crippen LogP contribution is -2.29. The van der Waals surface area contributed by atoms with Crippen molar-refractivity contribution >= 4 is 5.91 Å². The highest BCUT2D eigenvalue weighted by Crippen LogP contribution is 2.27. The lowest BCUT2D eigenvalue weighted by molar-refractivity contribution is -0.123. The van der Waals surface area contributed by atoms with Crippen molar-refractivity contribution in [1.29, 1.82) is 0 Å². The van der Waals surface area contributed by atoms with Crippen molar-refractivity contribution in [2.24, 2.45) is 0 Å². The van der Waals surface area contributed by atoms with Crippen molar-refractivity contribution in [2.45, 2.75) is 27.3 Å². The van der Waals surface area contributed by atoms with Gasteiger partial charge in [-0.3, -0.25) is 9.59 Å². The van der Waals surface area contributed by atoms with Crippen molar-refractivity contribution < 1.29 is 19.0 Å². The maximum atomic E-state index is 12.2. The molecular weight excluding hydrogens is 410 g/mol. The van der Waals surface area contributed by atoms with Gasteiger partial charge in [0.2, 0.25) is 5.88 Å². The third-order valence-corrected chi connectivity index (χ3v) is 4.88. The van der Waals surface area contributed by atoms with Crippen LogP contribution in [0.15, 0.2) is 53.3 Å². The van der Waals surface area contributed by atoms with E-state index in [0.29, 0.717) is 30.3 Å². The summed E-state index contributed by atoms with van der Waals surface area (Å²) < 4.78 is 17.6. The van der Waals surface area contributed by atoms with Gasteiger partial charge in [-0.1, -0.05) is 12.1 Å². The summed E-state index contributed by atoms with van der Waals surface area (Å²) in [5.41, 5.74) is 3.39. The molecule has 1 N–H and O–H groups in total. The highest BCUT2D eigenvalue weighted by Gasteiger charge is 2.09. The molecule has 3 rings (SSSR count). The van der Waals surface area contributed by atoms with Gasteiger partial charge in [-0.15, -0.1) is 5.10 Å². The van der Waals surface area contributed by atoms with Crippen LogP contribution in [0.2, 0.25) is 0 Å². The molecule has 3 aromatic rings. The molecular formula is C24H27N3O5. The number of benzene rings is 2. The molecule has 0 fully saturated rings. The van der Waals surface area contributed by atoms with Crippen molar-refractivity contribution in [3.05, 3.63) is 75.6 Å². The molecule has 1 aromatic heterocycles. The second-order valence-corrected chi connectivity index (χ2v) is 7.17. The van der Waals surface area contributed by atoms with Crippen LogP contribution >= 0.6 is 0 Å². The summed E-state index contributed by atoms with van der Waals surface area (Å²) in [5, 5.41) is 7.01. The smallest absolute Gasteiger partial charge is 0.271 e. The van der Waals surface area contributed by atoms with Gasteiger partial charge in [0.05, 0.1) is 19.4 Å². The number of nitrogens with zero attached hydrogens (tertiary/aromatic N) is 2. The molecule has 0 unspecified atom stereocenters. The Morgan fingerprint density at radius 3 is 2.53 bits per heavy atom. The van der Waals surface area contributed by atoms with E-state index in [0.717, 1.165) is 16.7 Å². The van der Waals surface area contributed by atoms with E-state index in [2.05, 4.69) is 10.4 Å². The first-order valence-electron chi connectivity index (χ1n) is 10.3. The normalized spacial score (nSPS) is 10.5. The van der Waals surface area contributed by atoms with Crippen molar-refractivity contribution in [3.63, 3.8) is 0 Å². The topological polar surface area (TPSA) is 91.7 Å². The average molecular weight is 437 g/mol. The number of carbonyl (C=O) groups is 1. The number of rotatable bonds is 9. The highest BCUT2D eigenvalue weighted by molar-refractivity contribution is 5.77. The summed E-state index contributed by atoms with van der Waals surface area (Å²) in [5.74, 6) is 1.12. The second kappa shape index (κ2) is 10.5. The van der Waals surface area contributed by atoms with Gasteiger partial charge < -0.3 is 19.5 Å². The number of carbonyl (C=O) groups excluding carboxylic acids is 1. The van der Waals surface area contributed by atoms with E-state index in [9.17, 15) is 9.59 Å². The van der Waals surface area contributed by atoms with E-state index in [4.69, 9.17) is 14.2 Å². The second-order valence-electron chi connectivity index (χ2n) is 7.17. The molecule has 0 aliphatic heterocycles. The predicted molar refractivity (Wildman–Crippen MR) is 121 cm³/mol. The number of hydrogen-bond donors (Lipinski definition) is 1. The summed E-state index contributed by atoms with van der Waals surface area (Å²) >= 11 is 0. The zero-order valence-electron chi connectivity index (χ0n) is 18.7. The highest BCUT2D eigenvalue weighted by atomic mass is 16.5. The molecule has 8 heteroatoms. The minimum atomic E-state index is -0.316. The SMILES string of the molecule is CCOc1ccc(CNC(=O)COc2ccc(=O)n(-c3ccc(C)c(C)c3)n2)cc1OC. The molecule has 0 saturated carbocycles. The number of aromatic nitrogens is 2. The minimum absolute atomic E-state index is 0.181. The summed E-state index contributed by atoms with van der Waals surface area (Å²) in [6, 6.07) is 13.9. The van der Waals surface area contributed by atoms with E-state index < -0.39 is 0 Å². The molecule has 0 radical (unpaired) electrons. The molecule has 0 aliphatic carbocycles. The van der Waals surface area contributed by atoms with E-state index >= 15 is 0 Å². The number of hydrogen-bond acceptors (Lipinski definition) is 6. The number of amides is 1. The maximum Gasteiger partial charge on any atom is 0.271 e. The van der Waals surface area contributed by atoms with Crippen LogP contribution in [0.1, 0.15) is 23.6 Å². The number of aryl methyl sites for hydroxylation is 2. The van der Waals surface area contributed by atoms with Gasteiger partial charge in [0.1, 0.15) is 0 Å². The molecule has 0 spiro atoms. The van der Waals surface area contributed by atoms with Crippen molar-refractivity contribution in [3.8, 4) is 23.1 Å². The summed E-state index contributed by atoms with van der Waals surface area (Å²) in [4.78, 5) is 24.5. The van der Waals surface area contributed by atoms with Crippen LogP contribution in [0.5, 0.6) is 17.4 Å². The Morgan fingerprint density at radius 1 is 1.00 bits per heavy atom. The van der Waals surface area contributed by atoms with Crippen molar-refractivity contribution in [2.75, 3.05) is 20.3 Å². The molecule has 0 atom stereocenters. The maximum absolute atomic E-state index is 12.2. The molecule has 32 heavy (non-hydrogen) atoms. The van der Waals surface area contributed by atoms with Gasteiger partial charge in [-0.2, -0.15) is 4.68 Å². The van der Waals surface area contributed by atoms with Gasteiger partial charge in [0.25, 0.3) is 11.5 Å². The third-order valence-electron chi connectivity index (χ3n) is 4.88. The van der Waals surface area contributed by atoms with Crippen LogP contribution in [-0.2, 0) is 11.3 Å². The Hall–Kier alpha value is -3.81. The fraction of sp³-hybridized carbons (Fsp3) is 0.292. The van der Waals surface area contributed by atoms with E-state index in [1.807, 2.05) is 51.1 Å². The standard InChI is InChI=1S/C24H27N3O5/c1-5-31-20-9-7-18(13-21(20)30-4)14-25-22(28)15-32-23-10-11-24(29)27(26-23)19-8-6-16(2)17(3)12-19/h6-13H,5,14-15H2,1-4H3,(H,25,28). The average Bonchev–Trinajstić information content (AvgIpc) is 2.79. The molecule has 0 saturated heterocycles. The Balaban J connectivity index is 1.60. The molecule has 2 aromatic carbocycles. The summed E-state index contributed by atoms with van der Waals surface area (Å²) in [7, 11) is 1.57. The third kappa shape index (κ3) is 5.66. The number of methoxy groups -OCH3 is 1. The van der Waals surface area contributed by atoms with Crippen LogP contribution < -0.4 is 25.1 Å². The Labute approximate surface area is 186 Å². The first kappa shape index (κ1) is 22.9. The van der Waals surface area contributed by atoms with Crippen LogP contribution in [0.25, 0.3) is 5.69 Å². The molecule has 8 nitrogen and oxygen atoms in total. The van der Waals surface area contributed by atoms with Crippen LogP contribution in [-0.4, -0.2) is 36.0 Å². The lowest BCUT2D eigenvalue weighted by atomic mass is 10.1. The predicted octanol–water partition coefficient (Wildman–Crippen LogP) is 2.95. The van der Waals surface area contributed by atoms with Crippen LogP contribution in [0, 0.1) is 13.8 Å². The van der Waals surface area contributed by atoms with Gasteiger partial charge in [0, 0.05) is 18.7 Å². The fourth-order valence-corrected chi connectivity index (χ4v) is 3.00. The molecule has 1 heterocycles. The fourth-order valence-electron chi connectivity index (χ4n) is 3.00. The summed E-state index contributed by atoms with van der Waals surface area (Å²) in [6.45, 7) is 6.48. The lowest BCUT2D eigenvalue weighted by Gasteiger charge is -2.12. The first-order valence-corrected chi connectivity index (χ1v) is 10.3. The van der Waals surface area contributed by atoms with E-state index in [-0.39, 0.29) is 24.0 Å². The van der Waals surface area contributed by atoms with E-state index in [1.165, 1.54) is 16.8 Å². The van der Waals surface area contributed by atoms with Crippen LogP contribution in [0.3, 0.4) is 0 Å². The first-order chi connectivity index (χ1) is 15.4. The Kier molecular flexibility index (Phi) is 7.49.